The molecule has 1 aliphatic rings. The molecule has 0 radical (unpaired) electrons. The quantitative estimate of drug-likeness (QED) is 0.542. The maximum Gasteiger partial charge on any atom is 1.00 e. The molecular weight excluding hydrogens is 285 g/mol. The van der Waals surface area contributed by atoms with Gasteiger partial charge in [0, 0.05) is 29.1 Å². The van der Waals surface area contributed by atoms with Crippen LogP contribution in [-0.4, -0.2) is 25.3 Å². The van der Waals surface area contributed by atoms with Crippen molar-refractivity contribution in [1.82, 2.24) is 0 Å². The second-order valence-corrected chi connectivity index (χ2v) is 6.88. The standard InChI is InChI=1S/C14H19NO3S.Na/c1-11-14(2,3)12-7-4-5-8-13(12)15(11)9-6-10-19(16,17)18;/h4-5,7-8H,1,6,9-10H2,2-3H3,(H,16,17,18);/q;+1/p-1. The van der Waals surface area contributed by atoms with Crippen LogP contribution in [0.2, 0.25) is 0 Å². The fourth-order valence-corrected chi connectivity index (χ4v) is 3.01. The summed E-state index contributed by atoms with van der Waals surface area (Å²) in [4.78, 5) is 2.01. The van der Waals surface area contributed by atoms with Crippen molar-refractivity contribution >= 4 is 15.8 Å². The van der Waals surface area contributed by atoms with Gasteiger partial charge in [-0.2, -0.15) is 0 Å². The Bertz CT molecular complexity index is 611. The van der Waals surface area contributed by atoms with E-state index in [0.717, 1.165) is 11.4 Å². The number of para-hydroxylation sites is 1. The first kappa shape index (κ1) is 17.7. The van der Waals surface area contributed by atoms with Gasteiger partial charge in [-0.1, -0.05) is 38.6 Å². The van der Waals surface area contributed by atoms with Crippen LogP contribution in [0.15, 0.2) is 36.5 Å². The zero-order valence-corrected chi connectivity index (χ0v) is 15.0. The predicted octanol–water partition coefficient (Wildman–Crippen LogP) is -0.763. The van der Waals surface area contributed by atoms with E-state index in [9.17, 15) is 13.0 Å². The average molecular weight is 303 g/mol. The number of fused-ring (bicyclic) bond motifs is 1. The van der Waals surface area contributed by atoms with Gasteiger partial charge in [-0.05, 0) is 18.1 Å². The summed E-state index contributed by atoms with van der Waals surface area (Å²) in [5.74, 6) is -0.334. The smallest absolute Gasteiger partial charge is 0.748 e. The Morgan fingerprint density at radius 3 is 2.50 bits per heavy atom. The molecule has 1 aromatic rings. The Labute approximate surface area is 142 Å². The molecule has 104 valence electrons. The molecule has 1 heterocycles. The van der Waals surface area contributed by atoms with Crippen molar-refractivity contribution in [3.05, 3.63) is 42.1 Å². The van der Waals surface area contributed by atoms with Crippen LogP contribution in [0.5, 0.6) is 0 Å². The average Bonchev–Trinajstić information content (AvgIpc) is 2.50. The minimum absolute atomic E-state index is 0. The summed E-state index contributed by atoms with van der Waals surface area (Å²) in [6, 6.07) is 8.00. The maximum atomic E-state index is 10.7. The molecule has 1 aliphatic heterocycles. The second-order valence-electron chi connectivity index (χ2n) is 5.36. The molecule has 1 aromatic carbocycles. The molecule has 0 unspecified atom stereocenters. The van der Waals surface area contributed by atoms with E-state index in [1.165, 1.54) is 5.56 Å². The topological polar surface area (TPSA) is 60.4 Å². The molecule has 6 heteroatoms. The summed E-state index contributed by atoms with van der Waals surface area (Å²) in [5.41, 5.74) is 3.02. The molecule has 0 aromatic heterocycles. The molecule has 4 nitrogen and oxygen atoms in total. The number of allylic oxidation sites excluding steroid dienone is 1. The maximum absolute atomic E-state index is 10.7. The molecule has 0 aliphatic carbocycles. The Balaban J connectivity index is 0.00000200. The van der Waals surface area contributed by atoms with Crippen LogP contribution in [0.4, 0.5) is 5.69 Å². The van der Waals surface area contributed by atoms with Gasteiger partial charge in [0.05, 0.1) is 10.1 Å². The van der Waals surface area contributed by atoms with E-state index >= 15 is 0 Å². The Morgan fingerprint density at radius 2 is 1.90 bits per heavy atom. The number of rotatable bonds is 4. The third kappa shape index (κ3) is 3.46. The second kappa shape index (κ2) is 6.20. The van der Waals surface area contributed by atoms with Crippen LogP contribution in [0.3, 0.4) is 0 Å². The van der Waals surface area contributed by atoms with Crippen molar-refractivity contribution in [3.8, 4) is 0 Å². The van der Waals surface area contributed by atoms with E-state index in [0.29, 0.717) is 13.0 Å². The van der Waals surface area contributed by atoms with Gasteiger partial charge in [0.1, 0.15) is 0 Å². The number of benzene rings is 1. The predicted molar refractivity (Wildman–Crippen MR) is 75.1 cm³/mol. The number of anilines is 1. The molecule has 0 fully saturated rings. The largest absolute Gasteiger partial charge is 1.00 e. The van der Waals surface area contributed by atoms with Gasteiger partial charge in [0.25, 0.3) is 0 Å². The fourth-order valence-electron chi connectivity index (χ4n) is 2.53. The Morgan fingerprint density at radius 1 is 1.30 bits per heavy atom. The number of hydrogen-bond acceptors (Lipinski definition) is 4. The third-order valence-electron chi connectivity index (χ3n) is 3.69. The number of nitrogens with zero attached hydrogens (tertiary/aromatic N) is 1. The van der Waals surface area contributed by atoms with E-state index < -0.39 is 10.1 Å². The normalized spacial score (nSPS) is 16.8. The van der Waals surface area contributed by atoms with E-state index in [1.54, 1.807) is 0 Å². The summed E-state index contributed by atoms with van der Waals surface area (Å²) >= 11 is 0. The van der Waals surface area contributed by atoms with Gasteiger partial charge in [0.2, 0.25) is 0 Å². The molecule has 0 bridgehead atoms. The van der Waals surface area contributed by atoms with Crippen LogP contribution in [0.1, 0.15) is 25.8 Å². The van der Waals surface area contributed by atoms with Crippen molar-refractivity contribution in [3.63, 3.8) is 0 Å². The molecule has 0 spiro atoms. The Kier molecular flexibility index (Phi) is 5.49. The van der Waals surface area contributed by atoms with Crippen molar-refractivity contribution in [2.45, 2.75) is 25.7 Å². The molecule has 2 rings (SSSR count). The monoisotopic (exact) mass is 303 g/mol. The third-order valence-corrected chi connectivity index (χ3v) is 4.48. The summed E-state index contributed by atoms with van der Waals surface area (Å²) in [7, 11) is -4.15. The van der Waals surface area contributed by atoms with Crippen molar-refractivity contribution in [2.24, 2.45) is 0 Å². The minimum atomic E-state index is -4.15. The van der Waals surface area contributed by atoms with Gasteiger partial charge in [-0.3, -0.25) is 0 Å². The van der Waals surface area contributed by atoms with E-state index in [2.05, 4.69) is 26.5 Å². The molecule has 0 saturated carbocycles. The van der Waals surface area contributed by atoms with Gasteiger partial charge >= 0.3 is 29.6 Å². The summed E-state index contributed by atoms with van der Waals surface area (Å²) in [6.07, 6.45) is 0.315. The van der Waals surface area contributed by atoms with E-state index in [-0.39, 0.29) is 40.7 Å². The zero-order chi connectivity index (χ0) is 14.3. The minimum Gasteiger partial charge on any atom is -0.748 e. The first-order valence-electron chi connectivity index (χ1n) is 6.23. The van der Waals surface area contributed by atoms with Crippen LogP contribution in [0, 0.1) is 0 Å². The Hall–Kier alpha value is -0.330. The summed E-state index contributed by atoms with van der Waals surface area (Å²) in [5, 5.41) is 0. The molecule has 0 saturated heterocycles. The van der Waals surface area contributed by atoms with Gasteiger partial charge < -0.3 is 9.45 Å². The van der Waals surface area contributed by atoms with Gasteiger partial charge in [-0.15, -0.1) is 0 Å². The van der Waals surface area contributed by atoms with Gasteiger partial charge in [0.15, 0.2) is 0 Å². The van der Waals surface area contributed by atoms with E-state index in [4.69, 9.17) is 0 Å². The SMILES string of the molecule is C=C1N(CCCS(=O)(=O)[O-])c2ccccc2C1(C)C.[Na+]. The van der Waals surface area contributed by atoms with Crippen LogP contribution >= 0.6 is 0 Å². The summed E-state index contributed by atoms with van der Waals surface area (Å²) in [6.45, 7) is 8.81. The molecule has 20 heavy (non-hydrogen) atoms. The van der Waals surface area contributed by atoms with Crippen molar-refractivity contribution in [1.29, 1.82) is 0 Å². The van der Waals surface area contributed by atoms with Crippen LogP contribution in [-0.2, 0) is 15.5 Å². The van der Waals surface area contributed by atoms with Crippen LogP contribution < -0.4 is 34.5 Å². The zero-order valence-electron chi connectivity index (χ0n) is 12.2. The first-order valence-corrected chi connectivity index (χ1v) is 7.81. The fraction of sp³-hybridized carbons (Fsp3) is 0.429. The van der Waals surface area contributed by atoms with E-state index in [1.807, 2.05) is 23.1 Å². The van der Waals surface area contributed by atoms with Crippen molar-refractivity contribution in [2.75, 3.05) is 17.2 Å². The van der Waals surface area contributed by atoms with Gasteiger partial charge in [-0.25, -0.2) is 8.42 Å². The molecule has 0 N–H and O–H groups in total. The number of hydrogen-bond donors (Lipinski definition) is 0. The molecular formula is C14H18NNaO3S. The molecule has 0 amide bonds. The van der Waals surface area contributed by atoms with Crippen LogP contribution in [0.25, 0.3) is 0 Å². The molecule has 0 atom stereocenters. The first-order chi connectivity index (χ1) is 8.73. The van der Waals surface area contributed by atoms with Crippen molar-refractivity contribution < 1.29 is 42.5 Å². The summed E-state index contributed by atoms with van der Waals surface area (Å²) < 4.78 is 32.0.